The SMILES string of the molecule is Fc1cc(Br)c2sccc2c1S. The number of hydrogen-bond donors (Lipinski definition) is 1. The molecule has 2 aromatic rings. The molecule has 0 spiro atoms. The molecule has 2 rings (SSSR count). The van der Waals surface area contributed by atoms with Crippen molar-refractivity contribution in [3.63, 3.8) is 0 Å². The van der Waals surface area contributed by atoms with E-state index in [9.17, 15) is 4.39 Å². The third-order valence-electron chi connectivity index (χ3n) is 1.62. The summed E-state index contributed by atoms with van der Waals surface area (Å²) < 4.78 is 14.9. The zero-order chi connectivity index (χ0) is 8.72. The Balaban J connectivity index is 2.97. The van der Waals surface area contributed by atoms with Crippen molar-refractivity contribution < 1.29 is 4.39 Å². The van der Waals surface area contributed by atoms with Crippen LogP contribution in [0.2, 0.25) is 0 Å². The Hall–Kier alpha value is -0.0600. The van der Waals surface area contributed by atoms with E-state index in [0.717, 1.165) is 14.6 Å². The van der Waals surface area contributed by atoms with E-state index in [1.807, 2.05) is 11.4 Å². The number of fused-ring (bicyclic) bond motifs is 1. The van der Waals surface area contributed by atoms with Crippen molar-refractivity contribution in [1.82, 2.24) is 0 Å². The van der Waals surface area contributed by atoms with Gasteiger partial charge in [0.15, 0.2) is 0 Å². The minimum atomic E-state index is -0.281. The average Bonchev–Trinajstić information content (AvgIpc) is 2.48. The number of thiophene rings is 1. The molecule has 0 amide bonds. The topological polar surface area (TPSA) is 0 Å². The highest BCUT2D eigenvalue weighted by Gasteiger charge is 2.08. The van der Waals surface area contributed by atoms with Crippen LogP contribution in [0.3, 0.4) is 0 Å². The van der Waals surface area contributed by atoms with Crippen LogP contribution in [0.15, 0.2) is 26.9 Å². The van der Waals surface area contributed by atoms with Crippen LogP contribution >= 0.6 is 39.9 Å². The smallest absolute Gasteiger partial charge is 0.138 e. The number of hydrogen-bond acceptors (Lipinski definition) is 2. The van der Waals surface area contributed by atoms with Crippen LogP contribution in [-0.2, 0) is 0 Å². The van der Waals surface area contributed by atoms with Gasteiger partial charge in [0.2, 0.25) is 0 Å². The maximum atomic E-state index is 13.1. The first-order valence-corrected chi connectivity index (χ1v) is 5.36. The van der Waals surface area contributed by atoms with E-state index in [-0.39, 0.29) is 5.82 Å². The Bertz CT molecular complexity index is 436. The first kappa shape index (κ1) is 8.53. The van der Waals surface area contributed by atoms with Crippen LogP contribution in [0, 0.1) is 5.82 Å². The lowest BCUT2D eigenvalue weighted by atomic mass is 10.2. The zero-order valence-corrected chi connectivity index (χ0v) is 9.14. The van der Waals surface area contributed by atoms with Gasteiger partial charge in [0, 0.05) is 19.5 Å². The average molecular weight is 263 g/mol. The largest absolute Gasteiger partial charge is 0.206 e. The van der Waals surface area contributed by atoms with Crippen LogP contribution in [0.1, 0.15) is 0 Å². The van der Waals surface area contributed by atoms with Gasteiger partial charge in [-0.2, -0.15) is 0 Å². The van der Waals surface area contributed by atoms with Gasteiger partial charge in [0.25, 0.3) is 0 Å². The molecule has 0 radical (unpaired) electrons. The molecule has 62 valence electrons. The van der Waals surface area contributed by atoms with Crippen molar-refractivity contribution in [2.24, 2.45) is 0 Å². The molecular formula is C8H4BrFS2. The second kappa shape index (κ2) is 3.01. The Morgan fingerprint density at radius 1 is 1.50 bits per heavy atom. The minimum Gasteiger partial charge on any atom is -0.206 e. The lowest BCUT2D eigenvalue weighted by Crippen LogP contribution is -1.78. The first-order valence-electron chi connectivity index (χ1n) is 3.24. The number of benzene rings is 1. The van der Waals surface area contributed by atoms with Gasteiger partial charge < -0.3 is 0 Å². The van der Waals surface area contributed by atoms with Crippen molar-refractivity contribution in [3.8, 4) is 0 Å². The van der Waals surface area contributed by atoms with Gasteiger partial charge in [0.05, 0.1) is 0 Å². The highest BCUT2D eigenvalue weighted by atomic mass is 79.9. The predicted octanol–water partition coefficient (Wildman–Crippen LogP) is 4.09. The maximum absolute atomic E-state index is 13.1. The molecule has 0 N–H and O–H groups in total. The maximum Gasteiger partial charge on any atom is 0.138 e. The summed E-state index contributed by atoms with van der Waals surface area (Å²) >= 11 is 8.96. The second-order valence-electron chi connectivity index (χ2n) is 2.35. The van der Waals surface area contributed by atoms with Crippen LogP contribution in [-0.4, -0.2) is 0 Å². The molecule has 0 atom stereocenters. The summed E-state index contributed by atoms with van der Waals surface area (Å²) in [7, 11) is 0. The third kappa shape index (κ3) is 1.18. The van der Waals surface area contributed by atoms with E-state index < -0.39 is 0 Å². The molecule has 1 aromatic heterocycles. The molecule has 0 bridgehead atoms. The van der Waals surface area contributed by atoms with Gasteiger partial charge in [-0.1, -0.05) is 0 Å². The third-order valence-corrected chi connectivity index (χ3v) is 3.91. The van der Waals surface area contributed by atoms with Gasteiger partial charge in [-0.05, 0) is 33.4 Å². The first-order chi connectivity index (χ1) is 5.70. The summed E-state index contributed by atoms with van der Waals surface area (Å²) in [6.45, 7) is 0. The Labute approximate surface area is 86.9 Å². The number of rotatable bonds is 0. The molecule has 0 saturated carbocycles. The van der Waals surface area contributed by atoms with Crippen molar-refractivity contribution in [1.29, 1.82) is 0 Å². The highest BCUT2D eigenvalue weighted by molar-refractivity contribution is 9.10. The van der Waals surface area contributed by atoms with Crippen LogP contribution in [0.5, 0.6) is 0 Å². The van der Waals surface area contributed by atoms with E-state index in [2.05, 4.69) is 28.6 Å². The Morgan fingerprint density at radius 3 is 3.00 bits per heavy atom. The van der Waals surface area contributed by atoms with Gasteiger partial charge >= 0.3 is 0 Å². The molecule has 0 fully saturated rings. The van der Waals surface area contributed by atoms with E-state index >= 15 is 0 Å². The standard InChI is InChI=1S/C8H4BrFS2/c9-5-3-6(10)7(11)4-1-2-12-8(4)5/h1-3,11H. The van der Waals surface area contributed by atoms with Crippen molar-refractivity contribution in [2.75, 3.05) is 0 Å². The molecule has 0 aliphatic heterocycles. The molecule has 0 nitrogen and oxygen atoms in total. The molecular weight excluding hydrogens is 259 g/mol. The summed E-state index contributed by atoms with van der Waals surface area (Å²) in [5.41, 5.74) is 0. The lowest BCUT2D eigenvalue weighted by molar-refractivity contribution is 0.605. The van der Waals surface area contributed by atoms with E-state index in [0.29, 0.717) is 4.90 Å². The Kier molecular flexibility index (Phi) is 2.14. The minimum absolute atomic E-state index is 0.281. The predicted molar refractivity (Wildman–Crippen MR) is 56.7 cm³/mol. The summed E-state index contributed by atoms with van der Waals surface area (Å²) in [5.74, 6) is -0.281. The van der Waals surface area contributed by atoms with Crippen LogP contribution in [0.25, 0.3) is 10.1 Å². The van der Waals surface area contributed by atoms with Crippen molar-refractivity contribution in [2.45, 2.75) is 4.90 Å². The summed E-state index contributed by atoms with van der Waals surface area (Å²) in [6, 6.07) is 3.32. The summed E-state index contributed by atoms with van der Waals surface area (Å²) in [4.78, 5) is 0.425. The van der Waals surface area contributed by atoms with Gasteiger partial charge in [-0.25, -0.2) is 4.39 Å². The molecule has 12 heavy (non-hydrogen) atoms. The van der Waals surface area contributed by atoms with Gasteiger partial charge in [0.1, 0.15) is 5.82 Å². The highest BCUT2D eigenvalue weighted by Crippen LogP contribution is 2.34. The number of halogens is 2. The van der Waals surface area contributed by atoms with Gasteiger partial charge in [-0.3, -0.25) is 0 Å². The fraction of sp³-hybridized carbons (Fsp3) is 0. The summed E-state index contributed by atoms with van der Waals surface area (Å²) in [6.07, 6.45) is 0. The van der Waals surface area contributed by atoms with Crippen molar-refractivity contribution in [3.05, 3.63) is 27.8 Å². The number of thiol groups is 1. The molecule has 4 heteroatoms. The fourth-order valence-corrected chi connectivity index (χ4v) is 2.88. The monoisotopic (exact) mass is 262 g/mol. The fourth-order valence-electron chi connectivity index (χ4n) is 1.05. The molecule has 0 aliphatic rings. The molecule has 1 heterocycles. The second-order valence-corrected chi connectivity index (χ2v) is 4.57. The van der Waals surface area contributed by atoms with Crippen molar-refractivity contribution >= 4 is 50.0 Å². The van der Waals surface area contributed by atoms with Crippen LogP contribution < -0.4 is 0 Å². The quantitative estimate of drug-likeness (QED) is 0.680. The molecule has 0 unspecified atom stereocenters. The molecule has 0 aliphatic carbocycles. The molecule has 0 saturated heterocycles. The Morgan fingerprint density at radius 2 is 2.25 bits per heavy atom. The zero-order valence-electron chi connectivity index (χ0n) is 5.84. The molecule has 1 aromatic carbocycles. The van der Waals surface area contributed by atoms with E-state index in [1.54, 1.807) is 11.3 Å². The van der Waals surface area contributed by atoms with E-state index in [4.69, 9.17) is 0 Å². The lowest BCUT2D eigenvalue weighted by Gasteiger charge is -1.99. The van der Waals surface area contributed by atoms with Crippen LogP contribution in [0.4, 0.5) is 4.39 Å². The summed E-state index contributed by atoms with van der Waals surface area (Å²) in [5, 5.41) is 2.80. The van der Waals surface area contributed by atoms with E-state index in [1.165, 1.54) is 6.07 Å². The normalized spacial score (nSPS) is 10.9. The van der Waals surface area contributed by atoms with Gasteiger partial charge in [-0.15, -0.1) is 24.0 Å².